The lowest BCUT2D eigenvalue weighted by atomic mass is 10.1. The van der Waals surface area contributed by atoms with Crippen molar-refractivity contribution in [3.05, 3.63) is 0 Å². The van der Waals surface area contributed by atoms with Gasteiger partial charge in [-0.3, -0.25) is 9.59 Å². The Bertz CT molecular complexity index is 233. The van der Waals surface area contributed by atoms with Crippen LogP contribution in [0.2, 0.25) is 0 Å². The van der Waals surface area contributed by atoms with E-state index in [0.29, 0.717) is 37.5 Å². The lowest BCUT2D eigenvalue weighted by molar-refractivity contribution is -0.132. The summed E-state index contributed by atoms with van der Waals surface area (Å²) in [5.41, 5.74) is 0. The van der Waals surface area contributed by atoms with Crippen LogP contribution in [0.15, 0.2) is 0 Å². The van der Waals surface area contributed by atoms with Gasteiger partial charge in [0.15, 0.2) is 0 Å². The van der Waals surface area contributed by atoms with Gasteiger partial charge < -0.3 is 4.90 Å². The van der Waals surface area contributed by atoms with E-state index >= 15 is 0 Å². The number of hydrogen-bond acceptors (Lipinski definition) is 3. The first-order valence-corrected chi connectivity index (χ1v) is 7.26. The molecule has 0 N–H and O–H groups in total. The van der Waals surface area contributed by atoms with Crippen molar-refractivity contribution in [1.82, 2.24) is 4.90 Å². The summed E-state index contributed by atoms with van der Waals surface area (Å²) in [6, 6.07) is 0. The third kappa shape index (κ3) is 5.01. The van der Waals surface area contributed by atoms with Gasteiger partial charge in [0.25, 0.3) is 0 Å². The molecule has 0 saturated carbocycles. The van der Waals surface area contributed by atoms with Crippen LogP contribution in [0.25, 0.3) is 0 Å². The highest BCUT2D eigenvalue weighted by molar-refractivity contribution is 7.99. The number of unbranched alkanes of at least 4 members (excludes halogenated alkanes) is 2. The number of carbonyl (C=O) groups excluding carboxylic acids is 2. The maximum Gasteiger partial charge on any atom is 0.232 e. The molecule has 16 heavy (non-hydrogen) atoms. The van der Waals surface area contributed by atoms with Gasteiger partial charge in [-0.1, -0.05) is 19.8 Å². The zero-order chi connectivity index (χ0) is 11.8. The Morgan fingerprint density at radius 2 is 2.00 bits per heavy atom. The molecule has 1 rings (SSSR count). The molecule has 0 radical (unpaired) electrons. The van der Waals surface area contributed by atoms with Crippen molar-refractivity contribution in [1.29, 1.82) is 0 Å². The molecule has 0 unspecified atom stereocenters. The lowest BCUT2D eigenvalue weighted by Gasteiger charge is -2.25. The number of carbonyl (C=O) groups is 2. The molecule has 0 aliphatic carbocycles. The highest BCUT2D eigenvalue weighted by atomic mass is 32.2. The van der Waals surface area contributed by atoms with E-state index in [1.54, 1.807) is 11.8 Å². The molecule has 0 aromatic rings. The Morgan fingerprint density at radius 3 is 2.62 bits per heavy atom. The monoisotopic (exact) mass is 243 g/mol. The van der Waals surface area contributed by atoms with Crippen molar-refractivity contribution in [2.75, 3.05) is 24.6 Å². The van der Waals surface area contributed by atoms with Gasteiger partial charge in [0.2, 0.25) is 5.91 Å². The number of ketones is 1. The standard InChI is InChI=1S/C12H21NO2S/c1-2-3-4-9-16-10-12(15)13-7-5-11(14)6-8-13/h2-10H2,1H3. The highest BCUT2D eigenvalue weighted by Crippen LogP contribution is 2.11. The van der Waals surface area contributed by atoms with Crippen LogP contribution in [0.3, 0.4) is 0 Å². The van der Waals surface area contributed by atoms with E-state index < -0.39 is 0 Å². The van der Waals surface area contributed by atoms with Crippen molar-refractivity contribution < 1.29 is 9.59 Å². The van der Waals surface area contributed by atoms with E-state index in [0.717, 1.165) is 5.75 Å². The molecule has 0 bridgehead atoms. The van der Waals surface area contributed by atoms with Crippen LogP contribution in [0.4, 0.5) is 0 Å². The normalized spacial score (nSPS) is 16.6. The van der Waals surface area contributed by atoms with Crippen molar-refractivity contribution in [2.45, 2.75) is 39.0 Å². The molecular weight excluding hydrogens is 222 g/mol. The van der Waals surface area contributed by atoms with E-state index in [9.17, 15) is 9.59 Å². The van der Waals surface area contributed by atoms with E-state index in [1.165, 1.54) is 19.3 Å². The fourth-order valence-electron chi connectivity index (χ4n) is 1.71. The molecule has 0 aromatic carbocycles. The topological polar surface area (TPSA) is 37.4 Å². The maximum absolute atomic E-state index is 11.7. The zero-order valence-corrected chi connectivity index (χ0v) is 10.9. The fourth-order valence-corrected chi connectivity index (χ4v) is 2.62. The summed E-state index contributed by atoms with van der Waals surface area (Å²) in [5.74, 6) is 2.15. The van der Waals surface area contributed by atoms with Gasteiger partial charge in [-0.25, -0.2) is 0 Å². The summed E-state index contributed by atoms with van der Waals surface area (Å²) in [6.07, 6.45) is 4.77. The van der Waals surface area contributed by atoms with Crippen LogP contribution >= 0.6 is 11.8 Å². The molecule has 1 saturated heterocycles. The molecule has 1 amide bonds. The minimum absolute atomic E-state index is 0.203. The molecule has 0 spiro atoms. The SMILES string of the molecule is CCCCCSCC(=O)N1CCC(=O)CC1. The predicted octanol–water partition coefficient (Wildman–Crippen LogP) is 2.10. The number of nitrogens with zero attached hydrogens (tertiary/aromatic N) is 1. The average Bonchev–Trinajstić information content (AvgIpc) is 2.29. The third-order valence-corrected chi connectivity index (χ3v) is 3.82. The first-order chi connectivity index (χ1) is 7.74. The smallest absolute Gasteiger partial charge is 0.232 e. The number of amides is 1. The summed E-state index contributed by atoms with van der Waals surface area (Å²) in [5, 5.41) is 0. The number of Topliss-reactive ketones (excluding diaryl/α,β-unsaturated/α-hetero) is 1. The van der Waals surface area contributed by atoms with Gasteiger partial charge in [0.05, 0.1) is 5.75 Å². The van der Waals surface area contributed by atoms with Crippen LogP contribution in [-0.4, -0.2) is 41.2 Å². The van der Waals surface area contributed by atoms with Crippen LogP contribution in [0.1, 0.15) is 39.0 Å². The van der Waals surface area contributed by atoms with Gasteiger partial charge in [-0.2, -0.15) is 11.8 Å². The molecular formula is C12H21NO2S. The second kappa shape index (κ2) is 7.71. The average molecular weight is 243 g/mol. The summed E-state index contributed by atoms with van der Waals surface area (Å²) in [4.78, 5) is 24.6. The van der Waals surface area contributed by atoms with Crippen LogP contribution in [-0.2, 0) is 9.59 Å². The lowest BCUT2D eigenvalue weighted by Crippen LogP contribution is -2.39. The summed E-state index contributed by atoms with van der Waals surface area (Å²) in [6.45, 7) is 3.45. The number of rotatable bonds is 6. The number of thioether (sulfide) groups is 1. The molecule has 1 heterocycles. The van der Waals surface area contributed by atoms with Crippen molar-refractivity contribution in [3.63, 3.8) is 0 Å². The number of likely N-dealkylation sites (tertiary alicyclic amines) is 1. The molecule has 3 nitrogen and oxygen atoms in total. The van der Waals surface area contributed by atoms with Crippen molar-refractivity contribution in [2.24, 2.45) is 0 Å². The first kappa shape index (κ1) is 13.6. The predicted molar refractivity (Wildman–Crippen MR) is 67.7 cm³/mol. The highest BCUT2D eigenvalue weighted by Gasteiger charge is 2.20. The van der Waals surface area contributed by atoms with Crippen LogP contribution < -0.4 is 0 Å². The third-order valence-electron chi connectivity index (χ3n) is 2.79. The second-order valence-electron chi connectivity index (χ2n) is 4.18. The fraction of sp³-hybridized carbons (Fsp3) is 0.833. The maximum atomic E-state index is 11.7. The minimum Gasteiger partial charge on any atom is -0.341 e. The van der Waals surface area contributed by atoms with Crippen LogP contribution in [0, 0.1) is 0 Å². The van der Waals surface area contributed by atoms with Gasteiger partial charge in [0.1, 0.15) is 5.78 Å². The van der Waals surface area contributed by atoms with Crippen LogP contribution in [0.5, 0.6) is 0 Å². The summed E-state index contributed by atoms with van der Waals surface area (Å²) >= 11 is 1.72. The number of hydrogen-bond donors (Lipinski definition) is 0. The van der Waals surface area contributed by atoms with E-state index in [1.807, 2.05) is 4.90 Å². The van der Waals surface area contributed by atoms with Crippen molar-refractivity contribution in [3.8, 4) is 0 Å². The Labute approximate surface area is 102 Å². The Balaban J connectivity index is 2.08. The Morgan fingerprint density at radius 1 is 1.31 bits per heavy atom. The summed E-state index contributed by atoms with van der Waals surface area (Å²) < 4.78 is 0. The first-order valence-electron chi connectivity index (χ1n) is 6.11. The van der Waals surface area contributed by atoms with Gasteiger partial charge in [-0.15, -0.1) is 0 Å². The molecule has 1 aliphatic heterocycles. The van der Waals surface area contributed by atoms with E-state index in [4.69, 9.17) is 0 Å². The van der Waals surface area contributed by atoms with E-state index in [-0.39, 0.29) is 5.91 Å². The molecule has 92 valence electrons. The molecule has 0 atom stereocenters. The molecule has 4 heteroatoms. The van der Waals surface area contributed by atoms with Gasteiger partial charge in [0, 0.05) is 25.9 Å². The number of piperidine rings is 1. The quantitative estimate of drug-likeness (QED) is 0.670. The Hall–Kier alpha value is -0.510. The molecule has 0 aromatic heterocycles. The van der Waals surface area contributed by atoms with Gasteiger partial charge in [-0.05, 0) is 12.2 Å². The minimum atomic E-state index is 0.203. The van der Waals surface area contributed by atoms with Crippen molar-refractivity contribution >= 4 is 23.5 Å². The van der Waals surface area contributed by atoms with E-state index in [2.05, 4.69) is 6.92 Å². The zero-order valence-electron chi connectivity index (χ0n) is 10.0. The largest absolute Gasteiger partial charge is 0.341 e. The van der Waals surface area contributed by atoms with Gasteiger partial charge >= 0.3 is 0 Å². The second-order valence-corrected chi connectivity index (χ2v) is 5.28. The molecule has 1 aliphatic rings. The molecule has 1 fully saturated rings. The Kier molecular flexibility index (Phi) is 6.53. The summed E-state index contributed by atoms with van der Waals surface area (Å²) in [7, 11) is 0.